The second kappa shape index (κ2) is 7.82. The fourth-order valence-corrected chi connectivity index (χ4v) is 2.38. The molecule has 1 atom stereocenters. The number of nitrogens with one attached hydrogen (secondary N) is 1. The molecule has 3 aromatic rings. The van der Waals surface area contributed by atoms with Crippen LogP contribution in [0.15, 0.2) is 53.1 Å². The van der Waals surface area contributed by atoms with Crippen molar-refractivity contribution < 1.29 is 14.1 Å². The maximum Gasteiger partial charge on any atom is 0.261 e. The Morgan fingerprint density at radius 1 is 1.15 bits per heavy atom. The van der Waals surface area contributed by atoms with Crippen LogP contribution < -0.4 is 10.1 Å². The first-order valence-corrected chi connectivity index (χ1v) is 8.42. The summed E-state index contributed by atoms with van der Waals surface area (Å²) < 4.78 is 10.9. The largest absolute Gasteiger partial charge is 0.481 e. The standard InChI is InChI=1S/C20H21N3O3/c1-13-9-10-17(11-14(13)2)25-15(3)20(24)21-12-18-22-19(23-26-18)16-7-5-4-6-8-16/h4-11,15H,12H2,1-3H3,(H,21,24). The number of rotatable bonds is 6. The van der Waals surface area contributed by atoms with E-state index in [4.69, 9.17) is 9.26 Å². The van der Waals surface area contributed by atoms with Crippen molar-refractivity contribution in [3.8, 4) is 17.1 Å². The van der Waals surface area contributed by atoms with Crippen LogP contribution in [0.1, 0.15) is 23.9 Å². The normalized spacial score (nSPS) is 11.8. The van der Waals surface area contributed by atoms with E-state index >= 15 is 0 Å². The molecule has 1 heterocycles. The summed E-state index contributed by atoms with van der Waals surface area (Å²) in [4.78, 5) is 16.5. The molecule has 6 heteroatoms. The number of hydrogen-bond donors (Lipinski definition) is 1. The third kappa shape index (κ3) is 4.27. The fourth-order valence-electron chi connectivity index (χ4n) is 2.38. The predicted octanol–water partition coefficient (Wildman–Crippen LogP) is 3.44. The number of hydrogen-bond acceptors (Lipinski definition) is 5. The van der Waals surface area contributed by atoms with Gasteiger partial charge in [-0.3, -0.25) is 4.79 Å². The first kappa shape index (κ1) is 17.7. The lowest BCUT2D eigenvalue weighted by Crippen LogP contribution is -2.36. The molecule has 2 aromatic carbocycles. The number of nitrogens with zero attached hydrogens (tertiary/aromatic N) is 2. The van der Waals surface area contributed by atoms with Gasteiger partial charge in [0.2, 0.25) is 11.7 Å². The number of carbonyl (C=O) groups is 1. The summed E-state index contributed by atoms with van der Waals surface area (Å²) in [5, 5.41) is 6.68. The fraction of sp³-hybridized carbons (Fsp3) is 0.250. The van der Waals surface area contributed by atoms with Gasteiger partial charge in [-0.15, -0.1) is 0 Å². The summed E-state index contributed by atoms with van der Waals surface area (Å²) in [6.45, 7) is 5.89. The monoisotopic (exact) mass is 351 g/mol. The highest BCUT2D eigenvalue weighted by molar-refractivity contribution is 5.80. The van der Waals surface area contributed by atoms with Gasteiger partial charge in [0.05, 0.1) is 6.54 Å². The summed E-state index contributed by atoms with van der Waals surface area (Å²) in [7, 11) is 0. The van der Waals surface area contributed by atoms with Crippen molar-refractivity contribution in [1.82, 2.24) is 15.5 Å². The second-order valence-electron chi connectivity index (χ2n) is 6.10. The number of ether oxygens (including phenoxy) is 1. The van der Waals surface area contributed by atoms with Gasteiger partial charge in [-0.1, -0.05) is 41.6 Å². The highest BCUT2D eigenvalue weighted by atomic mass is 16.5. The first-order valence-electron chi connectivity index (χ1n) is 8.42. The van der Waals surface area contributed by atoms with Crippen molar-refractivity contribution in [2.45, 2.75) is 33.4 Å². The van der Waals surface area contributed by atoms with E-state index < -0.39 is 6.10 Å². The van der Waals surface area contributed by atoms with Crippen molar-refractivity contribution >= 4 is 5.91 Å². The van der Waals surface area contributed by atoms with Gasteiger partial charge in [-0.2, -0.15) is 4.98 Å². The van der Waals surface area contributed by atoms with Crippen LogP contribution in [0.3, 0.4) is 0 Å². The zero-order valence-corrected chi connectivity index (χ0v) is 15.0. The molecule has 1 N–H and O–H groups in total. The Morgan fingerprint density at radius 2 is 1.92 bits per heavy atom. The third-order valence-electron chi connectivity index (χ3n) is 4.07. The number of benzene rings is 2. The third-order valence-corrected chi connectivity index (χ3v) is 4.07. The van der Waals surface area contributed by atoms with Gasteiger partial charge >= 0.3 is 0 Å². The maximum atomic E-state index is 12.2. The van der Waals surface area contributed by atoms with Gasteiger partial charge in [-0.05, 0) is 44.0 Å². The zero-order chi connectivity index (χ0) is 18.5. The van der Waals surface area contributed by atoms with Gasteiger partial charge in [-0.25, -0.2) is 0 Å². The van der Waals surface area contributed by atoms with Crippen molar-refractivity contribution in [1.29, 1.82) is 0 Å². The molecule has 1 amide bonds. The minimum atomic E-state index is -0.631. The van der Waals surface area contributed by atoms with Gasteiger partial charge in [0.1, 0.15) is 5.75 Å². The second-order valence-corrected chi connectivity index (χ2v) is 6.10. The van der Waals surface area contributed by atoms with E-state index in [-0.39, 0.29) is 12.5 Å². The molecule has 0 aliphatic heterocycles. The molecule has 6 nitrogen and oxygen atoms in total. The van der Waals surface area contributed by atoms with E-state index in [1.165, 1.54) is 5.56 Å². The topological polar surface area (TPSA) is 77.2 Å². The van der Waals surface area contributed by atoms with Crippen LogP contribution in [0.2, 0.25) is 0 Å². The van der Waals surface area contributed by atoms with Crippen LogP contribution in [-0.2, 0) is 11.3 Å². The van der Waals surface area contributed by atoms with Crippen molar-refractivity contribution in [3.05, 3.63) is 65.5 Å². The molecule has 134 valence electrons. The molecule has 0 fully saturated rings. The summed E-state index contributed by atoms with van der Waals surface area (Å²) in [6.07, 6.45) is -0.631. The first-order chi connectivity index (χ1) is 12.5. The number of carbonyl (C=O) groups excluding carboxylic acids is 1. The van der Waals surface area contributed by atoms with Gasteiger partial charge in [0.25, 0.3) is 5.91 Å². The quantitative estimate of drug-likeness (QED) is 0.736. The van der Waals surface area contributed by atoms with Crippen LogP contribution in [0.4, 0.5) is 0 Å². The molecule has 0 radical (unpaired) electrons. The van der Waals surface area contributed by atoms with Crippen LogP contribution in [0.25, 0.3) is 11.4 Å². The van der Waals surface area contributed by atoms with Crippen molar-refractivity contribution in [2.75, 3.05) is 0 Å². The van der Waals surface area contributed by atoms with Crippen molar-refractivity contribution in [3.63, 3.8) is 0 Å². The van der Waals surface area contributed by atoms with E-state index in [9.17, 15) is 4.79 Å². The molecule has 1 unspecified atom stereocenters. The molecule has 0 aliphatic carbocycles. The van der Waals surface area contributed by atoms with Gasteiger partial charge in [0, 0.05) is 5.56 Å². The van der Waals surface area contributed by atoms with Crippen LogP contribution in [0.5, 0.6) is 5.75 Å². The average molecular weight is 351 g/mol. The SMILES string of the molecule is Cc1ccc(OC(C)C(=O)NCc2nc(-c3ccccc3)no2)cc1C. The number of amides is 1. The minimum Gasteiger partial charge on any atom is -0.481 e. The summed E-state index contributed by atoms with van der Waals surface area (Å²) in [5.41, 5.74) is 3.16. The molecular formula is C20H21N3O3. The molecule has 0 aliphatic rings. The Balaban J connectivity index is 1.55. The average Bonchev–Trinajstić information content (AvgIpc) is 3.12. The molecular weight excluding hydrogens is 330 g/mol. The molecule has 0 saturated heterocycles. The lowest BCUT2D eigenvalue weighted by molar-refractivity contribution is -0.127. The molecule has 0 bridgehead atoms. The summed E-state index contributed by atoms with van der Waals surface area (Å²) >= 11 is 0. The Bertz CT molecular complexity index is 890. The van der Waals surface area contributed by atoms with E-state index in [0.29, 0.717) is 17.5 Å². The lowest BCUT2D eigenvalue weighted by Gasteiger charge is -2.15. The van der Waals surface area contributed by atoms with E-state index in [1.807, 2.05) is 62.4 Å². The number of aromatic nitrogens is 2. The zero-order valence-electron chi connectivity index (χ0n) is 15.0. The maximum absolute atomic E-state index is 12.2. The number of aryl methyl sites for hydroxylation is 2. The molecule has 3 rings (SSSR count). The Hall–Kier alpha value is -3.15. The smallest absolute Gasteiger partial charge is 0.261 e. The van der Waals surface area contributed by atoms with E-state index in [2.05, 4.69) is 15.5 Å². The van der Waals surface area contributed by atoms with Gasteiger partial charge < -0.3 is 14.6 Å². The molecule has 0 spiro atoms. The van der Waals surface area contributed by atoms with Crippen LogP contribution >= 0.6 is 0 Å². The van der Waals surface area contributed by atoms with E-state index in [1.54, 1.807) is 6.92 Å². The van der Waals surface area contributed by atoms with Crippen LogP contribution in [-0.4, -0.2) is 22.2 Å². The predicted molar refractivity (Wildman–Crippen MR) is 97.6 cm³/mol. The van der Waals surface area contributed by atoms with E-state index in [0.717, 1.165) is 11.1 Å². The Kier molecular flexibility index (Phi) is 5.31. The van der Waals surface area contributed by atoms with Crippen molar-refractivity contribution in [2.24, 2.45) is 0 Å². The highest BCUT2D eigenvalue weighted by Crippen LogP contribution is 2.18. The van der Waals surface area contributed by atoms with Crippen LogP contribution in [0, 0.1) is 13.8 Å². The summed E-state index contributed by atoms with van der Waals surface area (Å²) in [6, 6.07) is 15.3. The Labute approximate surface area is 152 Å². The minimum absolute atomic E-state index is 0.152. The lowest BCUT2D eigenvalue weighted by atomic mass is 10.1. The molecule has 0 saturated carbocycles. The molecule has 1 aromatic heterocycles. The van der Waals surface area contributed by atoms with Gasteiger partial charge in [0.15, 0.2) is 6.10 Å². The summed E-state index contributed by atoms with van der Waals surface area (Å²) in [5.74, 6) is 1.26. The Morgan fingerprint density at radius 3 is 2.65 bits per heavy atom. The highest BCUT2D eigenvalue weighted by Gasteiger charge is 2.16. The molecule has 26 heavy (non-hydrogen) atoms.